The molecule has 0 radical (unpaired) electrons. The smallest absolute Gasteiger partial charge is 0.303 e. The van der Waals surface area contributed by atoms with E-state index in [0.29, 0.717) is 23.7 Å². The van der Waals surface area contributed by atoms with Crippen LogP contribution in [-0.4, -0.2) is 24.9 Å². The molecule has 1 aromatic carbocycles. The van der Waals surface area contributed by atoms with Crippen LogP contribution >= 0.6 is 15.9 Å². The lowest BCUT2D eigenvalue weighted by molar-refractivity contribution is 0.679. The molecule has 0 aliphatic rings. The van der Waals surface area contributed by atoms with Gasteiger partial charge >= 0.3 is 5.69 Å². The molecule has 3 rings (SSSR count). The average Bonchev–Trinajstić information content (AvgIpc) is 2.99. The van der Waals surface area contributed by atoms with Gasteiger partial charge in [0.2, 0.25) is 5.95 Å². The molecular formula is C17H19BrN6O2. The van der Waals surface area contributed by atoms with Gasteiger partial charge in [0.25, 0.3) is 5.56 Å². The molecule has 26 heavy (non-hydrogen) atoms. The highest BCUT2D eigenvalue weighted by atomic mass is 79.9. The van der Waals surface area contributed by atoms with Crippen molar-refractivity contribution in [3.05, 3.63) is 55.1 Å². The molecule has 8 nitrogen and oxygen atoms in total. The van der Waals surface area contributed by atoms with Gasteiger partial charge in [0.15, 0.2) is 11.2 Å². The maximum absolute atomic E-state index is 12.6. The highest BCUT2D eigenvalue weighted by molar-refractivity contribution is 9.10. The van der Waals surface area contributed by atoms with Crippen LogP contribution in [0.15, 0.2) is 43.4 Å². The molecule has 136 valence electrons. The molecule has 0 atom stereocenters. The van der Waals surface area contributed by atoms with Crippen molar-refractivity contribution in [3.63, 3.8) is 0 Å². The van der Waals surface area contributed by atoms with Gasteiger partial charge in [-0.15, -0.1) is 0 Å². The minimum absolute atomic E-state index is 0.341. The Morgan fingerprint density at radius 1 is 1.19 bits per heavy atom. The maximum atomic E-state index is 12.6. The average molecular weight is 419 g/mol. The van der Waals surface area contributed by atoms with Crippen LogP contribution in [0.25, 0.3) is 11.2 Å². The number of hydrazone groups is 1. The number of nitrogens with one attached hydrogen (secondary N) is 1. The maximum Gasteiger partial charge on any atom is 0.332 e. The summed E-state index contributed by atoms with van der Waals surface area (Å²) in [6, 6.07) is 7.69. The molecule has 9 heteroatoms. The first kappa shape index (κ1) is 18.1. The molecule has 1 N–H and O–H groups in total. The van der Waals surface area contributed by atoms with Crippen LogP contribution in [0.1, 0.15) is 18.9 Å². The third-order valence-corrected chi connectivity index (χ3v) is 4.57. The van der Waals surface area contributed by atoms with Crippen molar-refractivity contribution < 1.29 is 0 Å². The Kier molecular flexibility index (Phi) is 5.08. The first-order valence-corrected chi connectivity index (χ1v) is 8.94. The zero-order chi connectivity index (χ0) is 18.8. The van der Waals surface area contributed by atoms with Crippen molar-refractivity contribution in [2.75, 3.05) is 5.43 Å². The summed E-state index contributed by atoms with van der Waals surface area (Å²) in [5.74, 6) is 0.425. The van der Waals surface area contributed by atoms with Crippen LogP contribution in [0.3, 0.4) is 0 Å². The van der Waals surface area contributed by atoms with E-state index in [2.05, 4.69) is 31.4 Å². The molecule has 0 fully saturated rings. The number of hydrogen-bond donors (Lipinski definition) is 1. The summed E-state index contributed by atoms with van der Waals surface area (Å²) in [6.07, 6.45) is 2.47. The summed E-state index contributed by atoms with van der Waals surface area (Å²) in [4.78, 5) is 29.1. The summed E-state index contributed by atoms with van der Waals surface area (Å²) in [7, 11) is 3.06. The molecule has 0 spiro atoms. The SMILES string of the molecule is CCCn1c(N/N=C\c2ccc(Br)cc2)nc2c1c(=O)n(C)c(=O)n2C. The van der Waals surface area contributed by atoms with Crippen molar-refractivity contribution in [1.82, 2.24) is 18.7 Å². The summed E-state index contributed by atoms with van der Waals surface area (Å²) in [6.45, 7) is 2.59. The highest BCUT2D eigenvalue weighted by Crippen LogP contribution is 2.16. The van der Waals surface area contributed by atoms with Gasteiger partial charge in [0.1, 0.15) is 0 Å². The number of nitrogens with zero attached hydrogens (tertiary/aromatic N) is 5. The minimum Gasteiger partial charge on any atom is -0.303 e. The first-order chi connectivity index (χ1) is 12.4. The van der Waals surface area contributed by atoms with Gasteiger partial charge in [-0.25, -0.2) is 10.2 Å². The fraction of sp³-hybridized carbons (Fsp3) is 0.294. The van der Waals surface area contributed by atoms with Crippen LogP contribution in [0.5, 0.6) is 0 Å². The van der Waals surface area contributed by atoms with Crippen LogP contribution < -0.4 is 16.7 Å². The molecule has 0 saturated carbocycles. The number of anilines is 1. The number of halogens is 1. The van der Waals surface area contributed by atoms with Crippen LogP contribution in [0.4, 0.5) is 5.95 Å². The fourth-order valence-electron chi connectivity index (χ4n) is 2.69. The number of imidazole rings is 1. The van der Waals surface area contributed by atoms with Gasteiger partial charge in [-0.3, -0.25) is 13.9 Å². The Morgan fingerprint density at radius 2 is 1.88 bits per heavy atom. The zero-order valence-electron chi connectivity index (χ0n) is 14.7. The monoisotopic (exact) mass is 418 g/mol. The molecular weight excluding hydrogens is 400 g/mol. The second kappa shape index (κ2) is 7.28. The van der Waals surface area contributed by atoms with Crippen molar-refractivity contribution in [1.29, 1.82) is 0 Å². The summed E-state index contributed by atoms with van der Waals surface area (Å²) in [5, 5.41) is 4.21. The van der Waals surface area contributed by atoms with Gasteiger partial charge in [-0.05, 0) is 24.1 Å². The quantitative estimate of drug-likeness (QED) is 0.507. The third kappa shape index (κ3) is 3.22. The zero-order valence-corrected chi connectivity index (χ0v) is 16.3. The van der Waals surface area contributed by atoms with Gasteiger partial charge in [0.05, 0.1) is 6.21 Å². The topological polar surface area (TPSA) is 86.2 Å². The lowest BCUT2D eigenvalue weighted by Gasteiger charge is -2.07. The Balaban J connectivity index is 2.05. The number of hydrogen-bond acceptors (Lipinski definition) is 5. The van der Waals surface area contributed by atoms with E-state index in [0.717, 1.165) is 21.0 Å². The standard InChI is InChI=1S/C17H19BrN6O2/c1-4-9-24-13-14(22(2)17(26)23(3)15(13)25)20-16(24)21-19-10-11-5-7-12(18)8-6-11/h5-8,10H,4,9H2,1-3H3,(H,20,21)/b19-10-. The lowest BCUT2D eigenvalue weighted by atomic mass is 10.2. The Bertz CT molecular complexity index is 1090. The van der Waals surface area contributed by atoms with E-state index in [1.807, 2.05) is 31.2 Å². The van der Waals surface area contributed by atoms with E-state index in [-0.39, 0.29) is 5.56 Å². The van der Waals surface area contributed by atoms with E-state index < -0.39 is 5.69 Å². The van der Waals surface area contributed by atoms with E-state index >= 15 is 0 Å². The summed E-state index contributed by atoms with van der Waals surface area (Å²) >= 11 is 3.39. The van der Waals surface area contributed by atoms with Gasteiger partial charge in [0, 0.05) is 25.1 Å². The normalized spacial score (nSPS) is 11.5. The van der Waals surface area contributed by atoms with E-state index in [4.69, 9.17) is 0 Å². The first-order valence-electron chi connectivity index (χ1n) is 8.15. The number of rotatable bonds is 5. The highest BCUT2D eigenvalue weighted by Gasteiger charge is 2.18. The van der Waals surface area contributed by atoms with E-state index in [1.165, 1.54) is 11.6 Å². The Hall–Kier alpha value is -2.68. The summed E-state index contributed by atoms with van der Waals surface area (Å²) < 4.78 is 5.21. The molecule has 0 unspecified atom stereocenters. The van der Waals surface area contributed by atoms with Crippen LogP contribution in [0, 0.1) is 0 Å². The van der Waals surface area contributed by atoms with Crippen molar-refractivity contribution in [3.8, 4) is 0 Å². The van der Waals surface area contributed by atoms with E-state index in [1.54, 1.807) is 17.8 Å². The number of aryl methyl sites for hydroxylation is 2. The van der Waals surface area contributed by atoms with Crippen LogP contribution in [-0.2, 0) is 20.6 Å². The lowest BCUT2D eigenvalue weighted by Crippen LogP contribution is -2.37. The van der Waals surface area contributed by atoms with Gasteiger partial charge in [-0.1, -0.05) is 35.0 Å². The Labute approximate surface area is 157 Å². The van der Waals surface area contributed by atoms with E-state index in [9.17, 15) is 9.59 Å². The minimum atomic E-state index is -0.409. The predicted molar refractivity (Wildman–Crippen MR) is 106 cm³/mol. The molecule has 0 saturated heterocycles. The number of benzene rings is 1. The van der Waals surface area contributed by atoms with Gasteiger partial charge < -0.3 is 4.57 Å². The predicted octanol–water partition coefficient (Wildman–Crippen LogP) is 2.05. The van der Waals surface area contributed by atoms with Crippen LogP contribution in [0.2, 0.25) is 0 Å². The molecule has 0 bridgehead atoms. The summed E-state index contributed by atoms with van der Waals surface area (Å²) in [5.41, 5.74) is 3.76. The van der Waals surface area contributed by atoms with Gasteiger partial charge in [-0.2, -0.15) is 10.1 Å². The Morgan fingerprint density at radius 3 is 2.54 bits per heavy atom. The molecule has 2 aromatic heterocycles. The number of aromatic nitrogens is 4. The molecule has 0 aliphatic heterocycles. The number of fused-ring (bicyclic) bond motifs is 1. The second-order valence-electron chi connectivity index (χ2n) is 5.89. The fourth-order valence-corrected chi connectivity index (χ4v) is 2.95. The third-order valence-electron chi connectivity index (χ3n) is 4.04. The molecule has 3 aromatic rings. The molecule has 0 aliphatic carbocycles. The molecule has 2 heterocycles. The van der Waals surface area contributed by atoms with Crippen molar-refractivity contribution >= 4 is 39.3 Å². The second-order valence-corrected chi connectivity index (χ2v) is 6.80. The molecule has 0 amide bonds. The van der Waals surface area contributed by atoms with Crippen molar-refractivity contribution in [2.45, 2.75) is 19.9 Å². The largest absolute Gasteiger partial charge is 0.332 e. The van der Waals surface area contributed by atoms with Crippen molar-refractivity contribution in [2.24, 2.45) is 19.2 Å².